The lowest BCUT2D eigenvalue weighted by molar-refractivity contribution is 0.0914. The van der Waals surface area contributed by atoms with Gasteiger partial charge in [-0.05, 0) is 44.5 Å². The minimum absolute atomic E-state index is 0.137. The van der Waals surface area contributed by atoms with E-state index in [-0.39, 0.29) is 11.9 Å². The van der Waals surface area contributed by atoms with E-state index in [1.165, 1.54) is 7.11 Å². The molecule has 1 saturated heterocycles. The summed E-state index contributed by atoms with van der Waals surface area (Å²) >= 11 is 6.21. The lowest BCUT2D eigenvalue weighted by atomic mass is 9.95. The van der Waals surface area contributed by atoms with E-state index in [9.17, 15) is 4.79 Å². The Bertz CT molecular complexity index is 536. The van der Waals surface area contributed by atoms with Gasteiger partial charge in [-0.1, -0.05) is 18.5 Å². The van der Waals surface area contributed by atoms with Gasteiger partial charge in [-0.2, -0.15) is 0 Å². The van der Waals surface area contributed by atoms with Gasteiger partial charge in [-0.15, -0.1) is 0 Å². The van der Waals surface area contributed by atoms with Crippen LogP contribution < -0.4 is 20.1 Å². The van der Waals surface area contributed by atoms with Gasteiger partial charge in [-0.3, -0.25) is 4.79 Å². The van der Waals surface area contributed by atoms with E-state index in [4.69, 9.17) is 21.1 Å². The van der Waals surface area contributed by atoms with E-state index >= 15 is 0 Å². The van der Waals surface area contributed by atoms with E-state index in [0.29, 0.717) is 34.6 Å². The predicted octanol–water partition coefficient (Wildman–Crippen LogP) is 2.48. The molecule has 1 aliphatic rings. The van der Waals surface area contributed by atoms with Crippen molar-refractivity contribution in [1.82, 2.24) is 10.6 Å². The predicted molar refractivity (Wildman–Crippen MR) is 87.1 cm³/mol. The number of carbonyl (C=O) groups excluding carboxylic acids is 1. The fraction of sp³-hybridized carbons (Fsp3) is 0.562. The molecule has 5 nitrogen and oxygen atoms in total. The van der Waals surface area contributed by atoms with Gasteiger partial charge < -0.3 is 20.1 Å². The number of ether oxygens (including phenoxy) is 2. The first kappa shape index (κ1) is 16.9. The number of carbonyl (C=O) groups is 1. The highest BCUT2D eigenvalue weighted by molar-refractivity contribution is 6.32. The second-order valence-electron chi connectivity index (χ2n) is 5.47. The molecule has 0 aliphatic carbocycles. The van der Waals surface area contributed by atoms with E-state index in [0.717, 1.165) is 19.5 Å². The van der Waals surface area contributed by atoms with Crippen molar-refractivity contribution in [2.75, 3.05) is 26.8 Å². The van der Waals surface area contributed by atoms with Crippen LogP contribution in [0.25, 0.3) is 0 Å². The minimum atomic E-state index is -0.137. The number of nitrogens with one attached hydrogen (secondary N) is 2. The van der Waals surface area contributed by atoms with Crippen molar-refractivity contribution < 1.29 is 14.3 Å². The quantitative estimate of drug-likeness (QED) is 0.872. The Balaban J connectivity index is 2.17. The molecule has 2 rings (SSSR count). The minimum Gasteiger partial charge on any atom is -0.493 e. The molecule has 1 aromatic rings. The molecule has 1 aromatic carbocycles. The highest BCUT2D eigenvalue weighted by atomic mass is 35.5. The first-order chi connectivity index (χ1) is 10.6. The number of piperidine rings is 1. The van der Waals surface area contributed by atoms with Crippen molar-refractivity contribution in [3.63, 3.8) is 0 Å². The van der Waals surface area contributed by atoms with E-state index < -0.39 is 0 Å². The van der Waals surface area contributed by atoms with Crippen LogP contribution >= 0.6 is 11.6 Å². The zero-order chi connectivity index (χ0) is 16.1. The molecule has 2 atom stereocenters. The van der Waals surface area contributed by atoms with Crippen LogP contribution in [-0.4, -0.2) is 38.8 Å². The molecule has 0 radical (unpaired) electrons. The second kappa shape index (κ2) is 7.70. The summed E-state index contributed by atoms with van der Waals surface area (Å²) in [6.45, 7) is 6.31. The largest absolute Gasteiger partial charge is 0.493 e. The van der Waals surface area contributed by atoms with Crippen molar-refractivity contribution in [3.05, 3.63) is 22.7 Å². The molecule has 122 valence electrons. The van der Waals surface area contributed by atoms with Gasteiger partial charge in [0, 0.05) is 11.6 Å². The van der Waals surface area contributed by atoms with Crippen LogP contribution in [-0.2, 0) is 0 Å². The van der Waals surface area contributed by atoms with Crippen molar-refractivity contribution in [2.24, 2.45) is 5.92 Å². The molecule has 0 aromatic heterocycles. The van der Waals surface area contributed by atoms with Gasteiger partial charge in [0.2, 0.25) is 0 Å². The van der Waals surface area contributed by atoms with Crippen LogP contribution in [0.15, 0.2) is 12.1 Å². The molecule has 1 amide bonds. The van der Waals surface area contributed by atoms with E-state index in [1.807, 2.05) is 6.92 Å². The Hall–Kier alpha value is -1.46. The van der Waals surface area contributed by atoms with Gasteiger partial charge in [0.15, 0.2) is 11.5 Å². The Labute approximate surface area is 136 Å². The first-order valence-electron chi connectivity index (χ1n) is 7.58. The van der Waals surface area contributed by atoms with E-state index in [1.54, 1.807) is 12.1 Å². The van der Waals surface area contributed by atoms with Gasteiger partial charge in [0.05, 0.1) is 18.7 Å². The van der Waals surface area contributed by atoms with Gasteiger partial charge in [-0.25, -0.2) is 0 Å². The standard InChI is InChI=1S/C16H23ClN2O3/c1-4-22-15-12(17)7-11(8-14(15)21-3)16(20)19-13-5-6-18-9-10(13)2/h7-8,10,13,18H,4-6,9H2,1-3H3,(H,19,20). The lowest BCUT2D eigenvalue weighted by Gasteiger charge is -2.30. The average molecular weight is 327 g/mol. The average Bonchev–Trinajstić information content (AvgIpc) is 2.51. The highest BCUT2D eigenvalue weighted by Crippen LogP contribution is 2.36. The molecule has 2 N–H and O–H groups in total. The van der Waals surface area contributed by atoms with Crippen molar-refractivity contribution in [3.8, 4) is 11.5 Å². The first-order valence-corrected chi connectivity index (χ1v) is 7.96. The molecular weight excluding hydrogens is 304 g/mol. The van der Waals surface area contributed by atoms with Crippen molar-refractivity contribution >= 4 is 17.5 Å². The van der Waals surface area contributed by atoms with Gasteiger partial charge in [0.25, 0.3) is 5.91 Å². The summed E-state index contributed by atoms with van der Waals surface area (Å²) in [4.78, 5) is 12.5. The molecule has 6 heteroatoms. The summed E-state index contributed by atoms with van der Waals surface area (Å²) in [5.41, 5.74) is 0.482. The molecule has 1 fully saturated rings. The maximum absolute atomic E-state index is 12.5. The molecule has 1 aliphatic heterocycles. The van der Waals surface area contributed by atoms with E-state index in [2.05, 4.69) is 17.6 Å². The lowest BCUT2D eigenvalue weighted by Crippen LogP contribution is -2.48. The maximum atomic E-state index is 12.5. The van der Waals surface area contributed by atoms with Crippen molar-refractivity contribution in [1.29, 1.82) is 0 Å². The summed E-state index contributed by atoms with van der Waals surface area (Å²) < 4.78 is 10.7. The van der Waals surface area contributed by atoms with Crippen LogP contribution in [0.1, 0.15) is 30.6 Å². The summed E-state index contributed by atoms with van der Waals surface area (Å²) in [5.74, 6) is 1.20. The van der Waals surface area contributed by atoms with Gasteiger partial charge >= 0.3 is 0 Å². The molecule has 0 bridgehead atoms. The van der Waals surface area contributed by atoms with Crippen LogP contribution in [0, 0.1) is 5.92 Å². The monoisotopic (exact) mass is 326 g/mol. The molecule has 1 heterocycles. The summed E-state index contributed by atoms with van der Waals surface area (Å²) in [6.07, 6.45) is 0.925. The number of rotatable bonds is 5. The number of hydrogen-bond acceptors (Lipinski definition) is 4. The number of methoxy groups -OCH3 is 1. The second-order valence-corrected chi connectivity index (χ2v) is 5.88. The fourth-order valence-corrected chi connectivity index (χ4v) is 2.88. The number of halogens is 1. The van der Waals surface area contributed by atoms with Gasteiger partial charge in [0.1, 0.15) is 0 Å². The smallest absolute Gasteiger partial charge is 0.251 e. The number of benzene rings is 1. The Kier molecular flexibility index (Phi) is 5.91. The zero-order valence-corrected chi connectivity index (χ0v) is 14.0. The third-order valence-electron chi connectivity index (χ3n) is 3.88. The summed E-state index contributed by atoms with van der Waals surface area (Å²) in [7, 11) is 1.53. The third kappa shape index (κ3) is 3.84. The number of amides is 1. The van der Waals surface area contributed by atoms with Crippen LogP contribution in [0.2, 0.25) is 5.02 Å². The van der Waals surface area contributed by atoms with Crippen LogP contribution in [0.3, 0.4) is 0 Å². The Morgan fingerprint density at radius 2 is 2.27 bits per heavy atom. The highest BCUT2D eigenvalue weighted by Gasteiger charge is 2.24. The topological polar surface area (TPSA) is 59.6 Å². The molecule has 0 spiro atoms. The third-order valence-corrected chi connectivity index (χ3v) is 4.16. The molecule has 22 heavy (non-hydrogen) atoms. The zero-order valence-electron chi connectivity index (χ0n) is 13.2. The molecular formula is C16H23ClN2O3. The Morgan fingerprint density at radius 3 is 2.91 bits per heavy atom. The normalized spacial score (nSPS) is 21.3. The summed E-state index contributed by atoms with van der Waals surface area (Å²) in [5, 5.41) is 6.78. The number of hydrogen-bond donors (Lipinski definition) is 2. The fourth-order valence-electron chi connectivity index (χ4n) is 2.62. The summed E-state index contributed by atoms with van der Waals surface area (Å²) in [6, 6.07) is 3.46. The van der Waals surface area contributed by atoms with Crippen LogP contribution in [0.5, 0.6) is 11.5 Å². The Morgan fingerprint density at radius 1 is 1.50 bits per heavy atom. The maximum Gasteiger partial charge on any atom is 0.251 e. The SMILES string of the molecule is CCOc1c(Cl)cc(C(=O)NC2CCNCC2C)cc1OC. The van der Waals surface area contributed by atoms with Crippen LogP contribution in [0.4, 0.5) is 0 Å². The molecule has 2 unspecified atom stereocenters. The molecule has 0 saturated carbocycles. The van der Waals surface area contributed by atoms with Crippen molar-refractivity contribution in [2.45, 2.75) is 26.3 Å².